The van der Waals surface area contributed by atoms with Crippen LogP contribution in [0.3, 0.4) is 0 Å². The number of nitrogens with zero attached hydrogens (tertiary/aromatic N) is 3. The Bertz CT molecular complexity index is 515. The molecule has 0 unspecified atom stereocenters. The molecule has 0 fully saturated rings. The van der Waals surface area contributed by atoms with Crippen molar-refractivity contribution in [2.45, 2.75) is 6.92 Å². The molecule has 0 aliphatic heterocycles. The highest BCUT2D eigenvalue weighted by atomic mass is 79.9. The Kier molecular flexibility index (Phi) is 2.60. The second kappa shape index (κ2) is 3.61. The molecule has 0 aromatic carbocycles. The first-order valence-electron chi connectivity index (χ1n) is 3.73. The number of hydrogen-bond acceptors (Lipinski definition) is 3. The van der Waals surface area contributed by atoms with Gasteiger partial charge in [-0.1, -0.05) is 23.2 Å². The van der Waals surface area contributed by atoms with Crippen molar-refractivity contribution >= 4 is 50.3 Å². The minimum Gasteiger partial charge on any atom is -0.234 e. The van der Waals surface area contributed by atoms with E-state index in [1.54, 1.807) is 6.20 Å². The van der Waals surface area contributed by atoms with Gasteiger partial charge in [-0.05, 0) is 28.4 Å². The summed E-state index contributed by atoms with van der Waals surface area (Å²) < 4.78 is 0.873. The first-order valence-corrected chi connectivity index (χ1v) is 5.28. The normalized spacial score (nSPS) is 10.9. The van der Waals surface area contributed by atoms with E-state index in [9.17, 15) is 0 Å². The summed E-state index contributed by atoms with van der Waals surface area (Å²) >= 11 is 14.8. The van der Waals surface area contributed by atoms with Crippen molar-refractivity contribution in [2.75, 3.05) is 0 Å². The topological polar surface area (TPSA) is 38.7 Å². The molecule has 3 nitrogen and oxygen atoms in total. The Balaban J connectivity index is 2.89. The highest BCUT2D eigenvalue weighted by Crippen LogP contribution is 2.25. The van der Waals surface area contributed by atoms with E-state index in [-0.39, 0.29) is 10.3 Å². The molecule has 0 aliphatic carbocycles. The molecule has 0 radical (unpaired) electrons. The van der Waals surface area contributed by atoms with E-state index >= 15 is 0 Å². The largest absolute Gasteiger partial charge is 0.234 e. The molecule has 2 aromatic rings. The van der Waals surface area contributed by atoms with Crippen LogP contribution in [0.2, 0.25) is 10.3 Å². The van der Waals surface area contributed by atoms with Crippen LogP contribution in [0.15, 0.2) is 10.7 Å². The van der Waals surface area contributed by atoms with Crippen LogP contribution < -0.4 is 0 Å². The van der Waals surface area contributed by atoms with Gasteiger partial charge >= 0.3 is 0 Å². The van der Waals surface area contributed by atoms with E-state index in [1.807, 2.05) is 6.92 Å². The summed E-state index contributed by atoms with van der Waals surface area (Å²) in [6.45, 7) is 1.91. The Morgan fingerprint density at radius 3 is 2.57 bits per heavy atom. The Labute approximate surface area is 98.6 Å². The molecule has 0 amide bonds. The molecule has 0 saturated carbocycles. The first kappa shape index (κ1) is 10.1. The van der Waals surface area contributed by atoms with Gasteiger partial charge in [-0.25, -0.2) is 15.0 Å². The molecule has 0 atom stereocenters. The molecule has 2 heterocycles. The van der Waals surface area contributed by atoms with Crippen molar-refractivity contribution in [1.29, 1.82) is 0 Å². The predicted octanol–water partition coefficient (Wildman–Crippen LogP) is 3.40. The van der Waals surface area contributed by atoms with E-state index in [0.717, 1.165) is 10.0 Å². The maximum atomic E-state index is 5.76. The van der Waals surface area contributed by atoms with Crippen LogP contribution in [-0.2, 0) is 0 Å². The van der Waals surface area contributed by atoms with Gasteiger partial charge in [0.25, 0.3) is 0 Å². The first-order chi connectivity index (χ1) is 6.59. The Morgan fingerprint density at radius 1 is 1.21 bits per heavy atom. The third-order valence-corrected chi connectivity index (χ3v) is 3.23. The Morgan fingerprint density at radius 2 is 1.86 bits per heavy atom. The average molecular weight is 293 g/mol. The molecule has 0 saturated heterocycles. The second-order valence-electron chi connectivity index (χ2n) is 2.71. The molecule has 0 N–H and O–H groups in total. The number of aromatic nitrogens is 3. The standard InChI is InChI=1S/C8H4BrCl2N3/c1-3-4(9)2-12-8-5(3)13-6(10)7(11)14-8/h2H,1H3. The highest BCUT2D eigenvalue weighted by Gasteiger charge is 2.09. The van der Waals surface area contributed by atoms with E-state index < -0.39 is 0 Å². The van der Waals surface area contributed by atoms with Crippen molar-refractivity contribution in [1.82, 2.24) is 15.0 Å². The number of rotatable bonds is 0. The fourth-order valence-corrected chi connectivity index (χ4v) is 1.59. The molecular formula is C8H4BrCl2N3. The number of halogens is 3. The summed E-state index contributed by atoms with van der Waals surface area (Å²) in [5, 5.41) is 0.371. The van der Waals surface area contributed by atoms with E-state index in [4.69, 9.17) is 23.2 Å². The van der Waals surface area contributed by atoms with Gasteiger partial charge in [-0.3, -0.25) is 0 Å². The average Bonchev–Trinajstić information content (AvgIpc) is 2.15. The summed E-state index contributed by atoms with van der Waals surface area (Å²) in [5.74, 6) is 0. The maximum Gasteiger partial charge on any atom is 0.180 e. The summed E-state index contributed by atoms with van der Waals surface area (Å²) in [7, 11) is 0. The second-order valence-corrected chi connectivity index (χ2v) is 4.28. The van der Waals surface area contributed by atoms with Crippen LogP contribution in [0.5, 0.6) is 0 Å². The van der Waals surface area contributed by atoms with E-state index in [1.165, 1.54) is 0 Å². The van der Waals surface area contributed by atoms with Crippen molar-refractivity contribution < 1.29 is 0 Å². The van der Waals surface area contributed by atoms with Gasteiger partial charge in [0.2, 0.25) is 0 Å². The fourth-order valence-electron chi connectivity index (χ4n) is 1.06. The van der Waals surface area contributed by atoms with Gasteiger partial charge in [0, 0.05) is 10.7 Å². The lowest BCUT2D eigenvalue weighted by Crippen LogP contribution is -1.93. The summed E-state index contributed by atoms with van der Waals surface area (Å²) in [5.41, 5.74) is 2.11. The zero-order chi connectivity index (χ0) is 10.3. The van der Waals surface area contributed by atoms with Crippen molar-refractivity contribution in [3.8, 4) is 0 Å². The van der Waals surface area contributed by atoms with Crippen molar-refractivity contribution in [3.05, 3.63) is 26.5 Å². The zero-order valence-corrected chi connectivity index (χ0v) is 10.2. The maximum absolute atomic E-state index is 5.76. The molecule has 72 valence electrons. The number of fused-ring (bicyclic) bond motifs is 1. The van der Waals surface area contributed by atoms with Crippen molar-refractivity contribution in [3.63, 3.8) is 0 Å². The third-order valence-electron chi connectivity index (χ3n) is 1.81. The summed E-state index contributed by atoms with van der Waals surface area (Å²) in [6.07, 6.45) is 1.66. The van der Waals surface area contributed by atoms with Crippen LogP contribution in [0.1, 0.15) is 5.56 Å². The van der Waals surface area contributed by atoms with Gasteiger partial charge < -0.3 is 0 Å². The molecule has 0 spiro atoms. The molecule has 14 heavy (non-hydrogen) atoms. The summed E-state index contributed by atoms with van der Waals surface area (Å²) in [6, 6.07) is 0. The zero-order valence-electron chi connectivity index (χ0n) is 7.05. The van der Waals surface area contributed by atoms with Crippen LogP contribution in [-0.4, -0.2) is 15.0 Å². The molecule has 0 bridgehead atoms. The van der Waals surface area contributed by atoms with Gasteiger partial charge in [-0.2, -0.15) is 0 Å². The lowest BCUT2D eigenvalue weighted by Gasteiger charge is -2.03. The minimum absolute atomic E-state index is 0.174. The predicted molar refractivity (Wildman–Crippen MR) is 59.8 cm³/mol. The monoisotopic (exact) mass is 291 g/mol. The molecule has 2 rings (SSSR count). The lowest BCUT2D eigenvalue weighted by atomic mass is 10.2. The van der Waals surface area contributed by atoms with Gasteiger partial charge in [-0.15, -0.1) is 0 Å². The smallest absolute Gasteiger partial charge is 0.180 e. The number of aryl methyl sites for hydroxylation is 1. The fraction of sp³-hybridized carbons (Fsp3) is 0.125. The van der Waals surface area contributed by atoms with Gasteiger partial charge in [0.05, 0.1) is 0 Å². The van der Waals surface area contributed by atoms with Gasteiger partial charge in [0.15, 0.2) is 16.0 Å². The molecule has 6 heteroatoms. The van der Waals surface area contributed by atoms with E-state index in [2.05, 4.69) is 30.9 Å². The SMILES string of the molecule is Cc1c(Br)cnc2nc(Cl)c(Cl)nc12. The van der Waals surface area contributed by atoms with Crippen LogP contribution in [0, 0.1) is 6.92 Å². The Hall–Kier alpha value is -0.450. The summed E-state index contributed by atoms with van der Waals surface area (Å²) in [4.78, 5) is 12.2. The quantitative estimate of drug-likeness (QED) is 0.747. The molecule has 2 aromatic heterocycles. The lowest BCUT2D eigenvalue weighted by molar-refractivity contribution is 1.19. The van der Waals surface area contributed by atoms with Crippen LogP contribution in [0.4, 0.5) is 0 Å². The van der Waals surface area contributed by atoms with Crippen molar-refractivity contribution in [2.24, 2.45) is 0 Å². The molecular weight excluding hydrogens is 289 g/mol. The van der Waals surface area contributed by atoms with Crippen LogP contribution >= 0.6 is 39.1 Å². The van der Waals surface area contributed by atoms with E-state index in [0.29, 0.717) is 11.2 Å². The minimum atomic E-state index is 0.174. The third kappa shape index (κ3) is 1.58. The van der Waals surface area contributed by atoms with Gasteiger partial charge in [0.1, 0.15) is 5.52 Å². The van der Waals surface area contributed by atoms with Crippen LogP contribution in [0.25, 0.3) is 11.2 Å². The molecule has 0 aliphatic rings. The number of pyridine rings is 1. The highest BCUT2D eigenvalue weighted by molar-refractivity contribution is 9.10. The number of hydrogen-bond donors (Lipinski definition) is 0.